The Bertz CT molecular complexity index is 907. The summed E-state index contributed by atoms with van der Waals surface area (Å²) < 4.78 is 13.5. The highest BCUT2D eigenvalue weighted by Gasteiger charge is 2.27. The summed E-state index contributed by atoms with van der Waals surface area (Å²) in [6.45, 7) is 10.4. The Hall–Kier alpha value is -2.10. The number of hydrogen-bond donors (Lipinski definition) is 1. The number of amides is 1. The van der Waals surface area contributed by atoms with Gasteiger partial charge in [0.2, 0.25) is 11.9 Å². The minimum atomic E-state index is -0.314. The van der Waals surface area contributed by atoms with E-state index in [1.54, 1.807) is 0 Å². The number of aryl methyl sites for hydroxylation is 2. The summed E-state index contributed by atoms with van der Waals surface area (Å²) in [6, 6.07) is 6.03. The molecule has 1 aromatic carbocycles. The molecule has 0 saturated carbocycles. The van der Waals surface area contributed by atoms with Gasteiger partial charge in [-0.05, 0) is 45.2 Å². The van der Waals surface area contributed by atoms with Crippen LogP contribution < -0.4 is 10.2 Å². The molecule has 0 spiro atoms. The van der Waals surface area contributed by atoms with Gasteiger partial charge >= 0.3 is 0 Å². The van der Waals surface area contributed by atoms with E-state index in [1.807, 2.05) is 32.9 Å². The molecule has 2 atom stereocenters. The fraction of sp³-hybridized carbons (Fsp3) is 0.591. The van der Waals surface area contributed by atoms with E-state index in [0.717, 1.165) is 54.9 Å². The number of hydrogen-bond acceptors (Lipinski definition) is 7. The van der Waals surface area contributed by atoms with Crippen LogP contribution >= 0.6 is 11.8 Å². The smallest absolute Gasteiger partial charge is 0.237 e. The lowest BCUT2D eigenvalue weighted by Crippen LogP contribution is -2.38. The average molecular weight is 446 g/mol. The highest BCUT2D eigenvalue weighted by molar-refractivity contribution is 8.00. The van der Waals surface area contributed by atoms with Crippen molar-refractivity contribution in [1.82, 2.24) is 14.8 Å². The lowest BCUT2D eigenvalue weighted by Gasteiger charge is -2.28. The number of aromatic nitrogens is 3. The number of carbonyl (C=O) groups excluding carboxylic acids is 1. The van der Waals surface area contributed by atoms with E-state index in [2.05, 4.69) is 31.0 Å². The predicted molar refractivity (Wildman–Crippen MR) is 122 cm³/mol. The van der Waals surface area contributed by atoms with E-state index < -0.39 is 0 Å². The van der Waals surface area contributed by atoms with Crippen molar-refractivity contribution in [2.24, 2.45) is 0 Å². The molecule has 3 heterocycles. The molecule has 168 valence electrons. The second-order valence-corrected chi connectivity index (χ2v) is 9.50. The Morgan fingerprint density at radius 3 is 2.77 bits per heavy atom. The highest BCUT2D eigenvalue weighted by Crippen LogP contribution is 2.29. The van der Waals surface area contributed by atoms with Gasteiger partial charge in [0.15, 0.2) is 5.16 Å². The van der Waals surface area contributed by atoms with Crippen LogP contribution in [0.25, 0.3) is 0 Å². The van der Waals surface area contributed by atoms with Crippen molar-refractivity contribution >= 4 is 29.3 Å². The van der Waals surface area contributed by atoms with Gasteiger partial charge in [-0.1, -0.05) is 29.5 Å². The maximum Gasteiger partial charge on any atom is 0.237 e. The Morgan fingerprint density at radius 1 is 1.26 bits per heavy atom. The van der Waals surface area contributed by atoms with Crippen molar-refractivity contribution in [3.63, 3.8) is 0 Å². The molecule has 0 bridgehead atoms. The molecule has 9 heteroatoms. The summed E-state index contributed by atoms with van der Waals surface area (Å²) in [4.78, 5) is 15.1. The van der Waals surface area contributed by atoms with Crippen LogP contribution in [-0.4, -0.2) is 64.9 Å². The van der Waals surface area contributed by atoms with Crippen LogP contribution in [0, 0.1) is 13.8 Å². The van der Waals surface area contributed by atoms with Crippen LogP contribution in [0.5, 0.6) is 0 Å². The molecule has 31 heavy (non-hydrogen) atoms. The molecule has 2 unspecified atom stereocenters. The molecule has 1 N–H and O–H groups in total. The molecule has 2 aliphatic rings. The number of ether oxygens (including phenoxy) is 2. The average Bonchev–Trinajstić information content (AvgIpc) is 3.41. The molecule has 8 nitrogen and oxygen atoms in total. The largest absolute Gasteiger partial charge is 0.378 e. The van der Waals surface area contributed by atoms with E-state index in [4.69, 9.17) is 9.47 Å². The first-order chi connectivity index (χ1) is 15.0. The molecule has 2 saturated heterocycles. The number of morpholine rings is 1. The first-order valence-electron chi connectivity index (χ1n) is 10.9. The topological polar surface area (TPSA) is 81.5 Å². The molecule has 0 radical (unpaired) electrons. The lowest BCUT2D eigenvalue weighted by molar-refractivity contribution is -0.115. The van der Waals surface area contributed by atoms with Gasteiger partial charge in [0.1, 0.15) is 0 Å². The van der Waals surface area contributed by atoms with Crippen molar-refractivity contribution in [3.05, 3.63) is 29.3 Å². The molecule has 2 fully saturated rings. The predicted octanol–water partition coefficient (Wildman–Crippen LogP) is 3.03. The summed E-state index contributed by atoms with van der Waals surface area (Å²) in [7, 11) is 0. The minimum absolute atomic E-state index is 0.0449. The maximum absolute atomic E-state index is 12.9. The van der Waals surface area contributed by atoms with Crippen molar-refractivity contribution in [2.45, 2.75) is 56.7 Å². The van der Waals surface area contributed by atoms with E-state index in [0.29, 0.717) is 19.8 Å². The van der Waals surface area contributed by atoms with Gasteiger partial charge in [-0.15, -0.1) is 10.2 Å². The summed E-state index contributed by atoms with van der Waals surface area (Å²) in [5, 5.41) is 12.4. The normalized spacial score (nSPS) is 20.1. The van der Waals surface area contributed by atoms with E-state index >= 15 is 0 Å². The summed E-state index contributed by atoms with van der Waals surface area (Å²) in [6.07, 6.45) is 2.28. The van der Waals surface area contributed by atoms with Gasteiger partial charge in [0, 0.05) is 25.4 Å². The van der Waals surface area contributed by atoms with Crippen molar-refractivity contribution in [2.75, 3.05) is 43.1 Å². The van der Waals surface area contributed by atoms with Crippen LogP contribution in [0.15, 0.2) is 23.4 Å². The summed E-state index contributed by atoms with van der Waals surface area (Å²) in [5.74, 6) is 0.792. The standard InChI is InChI=1S/C22H31N5O3S/c1-15-6-7-19(16(2)13-15)23-20(28)17(3)31-22-25-24-21(26-8-11-29-12-9-26)27(22)14-18-5-4-10-30-18/h6-7,13,17-18H,4-5,8-12,14H2,1-3H3,(H,23,28). The molecule has 1 aromatic heterocycles. The number of carbonyl (C=O) groups is 1. The van der Waals surface area contributed by atoms with Gasteiger partial charge in [0.25, 0.3) is 0 Å². The second kappa shape index (κ2) is 10.0. The van der Waals surface area contributed by atoms with Gasteiger partial charge in [0.05, 0.1) is 31.1 Å². The number of benzene rings is 1. The van der Waals surface area contributed by atoms with Crippen molar-refractivity contribution in [3.8, 4) is 0 Å². The van der Waals surface area contributed by atoms with Gasteiger partial charge in [-0.25, -0.2) is 0 Å². The molecule has 2 aromatic rings. The Morgan fingerprint density at radius 2 is 2.06 bits per heavy atom. The lowest BCUT2D eigenvalue weighted by atomic mass is 10.1. The van der Waals surface area contributed by atoms with Crippen LogP contribution in [0.1, 0.15) is 30.9 Å². The third-order valence-electron chi connectivity index (χ3n) is 5.69. The van der Waals surface area contributed by atoms with E-state index in [9.17, 15) is 4.79 Å². The van der Waals surface area contributed by atoms with Crippen LogP contribution in [-0.2, 0) is 20.8 Å². The Labute approximate surface area is 187 Å². The fourth-order valence-electron chi connectivity index (χ4n) is 3.92. The van der Waals surface area contributed by atoms with Crippen molar-refractivity contribution in [1.29, 1.82) is 0 Å². The van der Waals surface area contributed by atoms with E-state index in [1.165, 1.54) is 17.3 Å². The zero-order valence-electron chi connectivity index (χ0n) is 18.5. The molecular formula is C22H31N5O3S. The Balaban J connectivity index is 1.49. The quantitative estimate of drug-likeness (QED) is 0.656. The fourth-order valence-corrected chi connectivity index (χ4v) is 4.77. The number of rotatable bonds is 7. The monoisotopic (exact) mass is 445 g/mol. The van der Waals surface area contributed by atoms with Crippen molar-refractivity contribution < 1.29 is 14.3 Å². The summed E-state index contributed by atoms with van der Waals surface area (Å²) >= 11 is 1.44. The number of anilines is 2. The first-order valence-corrected chi connectivity index (χ1v) is 11.8. The van der Waals surface area contributed by atoms with Crippen LogP contribution in [0.3, 0.4) is 0 Å². The number of nitrogens with zero attached hydrogens (tertiary/aromatic N) is 4. The molecule has 1 amide bonds. The molecular weight excluding hydrogens is 414 g/mol. The number of nitrogens with one attached hydrogen (secondary N) is 1. The third kappa shape index (κ3) is 5.39. The minimum Gasteiger partial charge on any atom is -0.378 e. The number of thioether (sulfide) groups is 1. The Kier molecular flexibility index (Phi) is 7.14. The second-order valence-electron chi connectivity index (χ2n) is 8.20. The first kappa shape index (κ1) is 22.1. The SMILES string of the molecule is Cc1ccc(NC(=O)C(C)Sc2nnc(N3CCOCC3)n2CC2CCCO2)c(C)c1. The zero-order valence-corrected chi connectivity index (χ0v) is 19.3. The van der Waals surface area contributed by atoms with Gasteiger partial charge in [-0.2, -0.15) is 0 Å². The molecule has 0 aliphatic carbocycles. The van der Waals surface area contributed by atoms with Crippen LogP contribution in [0.4, 0.5) is 11.6 Å². The van der Waals surface area contributed by atoms with Gasteiger partial charge in [-0.3, -0.25) is 9.36 Å². The van der Waals surface area contributed by atoms with Crippen LogP contribution in [0.2, 0.25) is 0 Å². The molecule has 2 aliphatic heterocycles. The highest BCUT2D eigenvalue weighted by atomic mass is 32.2. The third-order valence-corrected chi connectivity index (χ3v) is 6.77. The molecule has 4 rings (SSSR count). The van der Waals surface area contributed by atoms with E-state index in [-0.39, 0.29) is 17.3 Å². The van der Waals surface area contributed by atoms with Gasteiger partial charge < -0.3 is 19.7 Å². The maximum atomic E-state index is 12.9. The zero-order chi connectivity index (χ0) is 21.8. The summed E-state index contributed by atoms with van der Waals surface area (Å²) in [5.41, 5.74) is 3.08.